The summed E-state index contributed by atoms with van der Waals surface area (Å²) < 4.78 is 5.76. The third-order valence-electron chi connectivity index (χ3n) is 4.49. The molecule has 2 aliphatic carbocycles. The van der Waals surface area contributed by atoms with Crippen molar-refractivity contribution < 1.29 is 19.7 Å². The van der Waals surface area contributed by atoms with Crippen molar-refractivity contribution >= 4 is 30.7 Å². The molecule has 3 atom stereocenters. The minimum absolute atomic E-state index is 0. The number of hydrogen-bond acceptors (Lipinski definition) is 5. The zero-order valence-corrected chi connectivity index (χ0v) is 14.9. The van der Waals surface area contributed by atoms with Gasteiger partial charge in [-0.1, -0.05) is 0 Å². The molecule has 1 aromatic rings. The molecule has 1 unspecified atom stereocenters. The van der Waals surface area contributed by atoms with Crippen LogP contribution in [0.3, 0.4) is 0 Å². The van der Waals surface area contributed by atoms with Gasteiger partial charge in [0.25, 0.3) is 0 Å². The number of aliphatic hydroxyl groups is 2. The van der Waals surface area contributed by atoms with Gasteiger partial charge in [0.1, 0.15) is 5.75 Å². The number of amides is 1. The van der Waals surface area contributed by atoms with Gasteiger partial charge >= 0.3 is 0 Å². The lowest BCUT2D eigenvalue weighted by Crippen LogP contribution is -2.41. The van der Waals surface area contributed by atoms with Crippen molar-refractivity contribution in [2.45, 2.75) is 37.9 Å². The van der Waals surface area contributed by atoms with Crippen LogP contribution in [0.1, 0.15) is 25.7 Å². The molecule has 1 amide bonds. The molecule has 1 heterocycles. The second kappa shape index (κ2) is 8.85. The number of carbonyl (C=O) groups is 1. The van der Waals surface area contributed by atoms with E-state index in [1.54, 1.807) is 18.5 Å². The molecule has 0 saturated heterocycles. The van der Waals surface area contributed by atoms with Gasteiger partial charge in [-0.05, 0) is 37.8 Å². The minimum Gasteiger partial charge on any atom is -0.491 e. The van der Waals surface area contributed by atoms with E-state index in [9.17, 15) is 15.0 Å². The normalized spacial score (nSPS) is 28.4. The SMILES string of the molecule is Cl.Cl.O=C(NCC1(COc2cccnc2)C[C@@H](O)[C@@H](O)C1)C1CC1. The first-order valence-electron chi connectivity index (χ1n) is 7.75. The molecule has 0 bridgehead atoms. The van der Waals surface area contributed by atoms with Gasteiger partial charge in [0.05, 0.1) is 25.0 Å². The fraction of sp³-hybridized carbons (Fsp3) is 0.625. The van der Waals surface area contributed by atoms with Gasteiger partial charge in [0.15, 0.2) is 0 Å². The fourth-order valence-corrected chi connectivity index (χ4v) is 2.99. The molecule has 0 spiro atoms. The van der Waals surface area contributed by atoms with Crippen molar-refractivity contribution in [2.75, 3.05) is 13.2 Å². The van der Waals surface area contributed by atoms with Gasteiger partial charge in [-0.3, -0.25) is 9.78 Å². The summed E-state index contributed by atoms with van der Waals surface area (Å²) in [7, 11) is 0. The lowest BCUT2D eigenvalue weighted by atomic mass is 9.86. The number of nitrogens with one attached hydrogen (secondary N) is 1. The highest BCUT2D eigenvalue weighted by molar-refractivity contribution is 5.85. The Kier molecular flexibility index (Phi) is 7.73. The molecular formula is C16H24Cl2N2O4. The highest BCUT2D eigenvalue weighted by atomic mass is 35.5. The van der Waals surface area contributed by atoms with E-state index in [0.29, 0.717) is 31.7 Å². The molecule has 6 nitrogen and oxygen atoms in total. The zero-order chi connectivity index (χ0) is 15.6. The smallest absolute Gasteiger partial charge is 0.223 e. The maximum absolute atomic E-state index is 11.9. The molecule has 0 aromatic carbocycles. The Bertz CT molecular complexity index is 518. The first kappa shape index (κ1) is 21.0. The number of ether oxygens (including phenoxy) is 1. The van der Waals surface area contributed by atoms with Gasteiger partial charge in [0, 0.05) is 24.1 Å². The number of nitrogens with zero attached hydrogens (tertiary/aromatic N) is 1. The first-order valence-corrected chi connectivity index (χ1v) is 7.75. The van der Waals surface area contributed by atoms with Crippen LogP contribution in [-0.4, -0.2) is 46.5 Å². The van der Waals surface area contributed by atoms with E-state index < -0.39 is 17.6 Å². The predicted molar refractivity (Wildman–Crippen MR) is 93.6 cm³/mol. The average molecular weight is 379 g/mol. The van der Waals surface area contributed by atoms with E-state index in [0.717, 1.165) is 12.8 Å². The molecule has 2 fully saturated rings. The van der Waals surface area contributed by atoms with Crippen LogP contribution >= 0.6 is 24.8 Å². The van der Waals surface area contributed by atoms with Crippen molar-refractivity contribution in [1.82, 2.24) is 10.3 Å². The van der Waals surface area contributed by atoms with Crippen molar-refractivity contribution in [3.63, 3.8) is 0 Å². The monoisotopic (exact) mass is 378 g/mol. The Labute approximate surface area is 153 Å². The van der Waals surface area contributed by atoms with E-state index in [2.05, 4.69) is 10.3 Å². The number of aromatic nitrogens is 1. The second-order valence-corrected chi connectivity index (χ2v) is 6.51. The van der Waals surface area contributed by atoms with Gasteiger partial charge in [-0.15, -0.1) is 24.8 Å². The predicted octanol–water partition coefficient (Wildman–Crippen LogP) is 1.33. The van der Waals surface area contributed by atoms with Crippen molar-refractivity contribution in [1.29, 1.82) is 0 Å². The van der Waals surface area contributed by atoms with Crippen LogP contribution in [0.15, 0.2) is 24.5 Å². The summed E-state index contributed by atoms with van der Waals surface area (Å²) in [5.74, 6) is 0.857. The standard InChI is InChI=1S/C16H22N2O4.2ClH/c19-13-6-16(7-14(13)20,9-18-15(21)11-3-4-11)10-22-12-2-1-5-17-8-12;;/h1-2,5,8,11,13-14,19-20H,3-4,6-7,9-10H2,(H,18,21);2*1H/t13-,14+,16?;;. The summed E-state index contributed by atoms with van der Waals surface area (Å²) >= 11 is 0. The Morgan fingerprint density at radius 2 is 1.96 bits per heavy atom. The third-order valence-corrected chi connectivity index (χ3v) is 4.49. The van der Waals surface area contributed by atoms with Gasteiger partial charge in [-0.25, -0.2) is 0 Å². The molecule has 24 heavy (non-hydrogen) atoms. The van der Waals surface area contributed by atoms with E-state index in [-0.39, 0.29) is 36.6 Å². The molecule has 1 aromatic heterocycles. The van der Waals surface area contributed by atoms with Gasteiger partial charge in [0.2, 0.25) is 5.91 Å². The summed E-state index contributed by atoms with van der Waals surface area (Å²) in [4.78, 5) is 15.8. The van der Waals surface area contributed by atoms with Crippen LogP contribution in [-0.2, 0) is 4.79 Å². The van der Waals surface area contributed by atoms with Crippen molar-refractivity contribution in [3.05, 3.63) is 24.5 Å². The summed E-state index contributed by atoms with van der Waals surface area (Å²) in [6, 6.07) is 3.60. The van der Waals surface area contributed by atoms with Gasteiger partial charge < -0.3 is 20.3 Å². The van der Waals surface area contributed by atoms with E-state index in [1.165, 1.54) is 0 Å². The topological polar surface area (TPSA) is 91.7 Å². The largest absolute Gasteiger partial charge is 0.491 e. The van der Waals surface area contributed by atoms with Gasteiger partial charge in [-0.2, -0.15) is 0 Å². The van der Waals surface area contributed by atoms with Crippen LogP contribution in [0.5, 0.6) is 5.75 Å². The molecule has 2 aliphatic rings. The summed E-state index contributed by atoms with van der Waals surface area (Å²) in [6.45, 7) is 0.745. The molecular weight excluding hydrogens is 355 g/mol. The number of rotatable bonds is 6. The Balaban J connectivity index is 0.00000144. The van der Waals surface area contributed by atoms with E-state index in [4.69, 9.17) is 4.74 Å². The minimum atomic E-state index is -0.768. The lowest BCUT2D eigenvalue weighted by Gasteiger charge is -2.29. The quantitative estimate of drug-likeness (QED) is 0.694. The summed E-state index contributed by atoms with van der Waals surface area (Å²) in [5.41, 5.74) is -0.445. The first-order chi connectivity index (χ1) is 10.6. The number of pyridine rings is 1. The number of carbonyl (C=O) groups excluding carboxylic acids is 1. The molecule has 136 valence electrons. The number of halogens is 2. The van der Waals surface area contributed by atoms with Crippen LogP contribution in [0, 0.1) is 11.3 Å². The van der Waals surface area contributed by atoms with E-state index >= 15 is 0 Å². The average Bonchev–Trinajstić information content (AvgIpc) is 3.32. The highest BCUT2D eigenvalue weighted by Gasteiger charge is 2.45. The molecule has 0 aliphatic heterocycles. The second-order valence-electron chi connectivity index (χ2n) is 6.51. The van der Waals surface area contributed by atoms with Crippen LogP contribution in [0.2, 0.25) is 0 Å². The van der Waals surface area contributed by atoms with Crippen LogP contribution in [0.4, 0.5) is 0 Å². The molecule has 8 heteroatoms. The van der Waals surface area contributed by atoms with Crippen LogP contribution < -0.4 is 10.1 Å². The molecule has 2 saturated carbocycles. The molecule has 3 N–H and O–H groups in total. The zero-order valence-electron chi connectivity index (χ0n) is 13.3. The van der Waals surface area contributed by atoms with E-state index in [1.807, 2.05) is 6.07 Å². The maximum atomic E-state index is 11.9. The van der Waals surface area contributed by atoms with Crippen molar-refractivity contribution in [3.8, 4) is 5.75 Å². The Morgan fingerprint density at radius 1 is 1.29 bits per heavy atom. The molecule has 3 rings (SSSR count). The third kappa shape index (κ3) is 5.21. The van der Waals surface area contributed by atoms with Crippen molar-refractivity contribution in [2.24, 2.45) is 11.3 Å². The summed E-state index contributed by atoms with van der Waals surface area (Å²) in [6.07, 6.45) is 4.50. The van der Waals surface area contributed by atoms with Crippen LogP contribution in [0.25, 0.3) is 0 Å². The summed E-state index contributed by atoms with van der Waals surface area (Å²) in [5, 5.41) is 22.7. The molecule has 0 radical (unpaired) electrons. The number of hydrogen-bond donors (Lipinski definition) is 3. The lowest BCUT2D eigenvalue weighted by molar-refractivity contribution is -0.123. The number of aliphatic hydroxyl groups excluding tert-OH is 2. The highest BCUT2D eigenvalue weighted by Crippen LogP contribution is 2.39. The Morgan fingerprint density at radius 3 is 2.50 bits per heavy atom. The maximum Gasteiger partial charge on any atom is 0.223 e. The fourth-order valence-electron chi connectivity index (χ4n) is 2.99. The Hall–Kier alpha value is -1.08.